The fourth-order valence-electron chi connectivity index (χ4n) is 2.09. The molecule has 26 heavy (non-hydrogen) atoms. The number of carbonyl (C=O) groups is 2. The van der Waals surface area contributed by atoms with Crippen LogP contribution in [-0.2, 0) is 19.6 Å². The SMILES string of the molecule is CCOC(=O)c1cc(NS(=O)(=O)c2ccc(NC(C)=O)cc2)ccc1Cl. The van der Waals surface area contributed by atoms with Crippen LogP contribution in [0.15, 0.2) is 47.4 Å². The zero-order valence-corrected chi connectivity index (χ0v) is 15.6. The van der Waals surface area contributed by atoms with Crippen molar-refractivity contribution in [1.82, 2.24) is 0 Å². The molecule has 7 nitrogen and oxygen atoms in total. The molecule has 138 valence electrons. The Morgan fingerprint density at radius 2 is 1.69 bits per heavy atom. The Morgan fingerprint density at radius 3 is 2.27 bits per heavy atom. The second kappa shape index (κ2) is 8.20. The molecule has 2 aromatic carbocycles. The molecule has 0 aromatic heterocycles. The Bertz CT molecular complexity index is 927. The summed E-state index contributed by atoms with van der Waals surface area (Å²) in [5.74, 6) is -0.899. The molecule has 2 N–H and O–H groups in total. The van der Waals surface area contributed by atoms with E-state index in [1.165, 1.54) is 49.4 Å². The summed E-state index contributed by atoms with van der Waals surface area (Å²) in [6, 6.07) is 9.82. The highest BCUT2D eigenvalue weighted by atomic mass is 35.5. The van der Waals surface area contributed by atoms with E-state index in [1.807, 2.05) is 0 Å². The van der Waals surface area contributed by atoms with Gasteiger partial charge in [-0.1, -0.05) is 11.6 Å². The smallest absolute Gasteiger partial charge is 0.339 e. The lowest BCUT2D eigenvalue weighted by molar-refractivity contribution is -0.114. The van der Waals surface area contributed by atoms with Crippen LogP contribution in [0.3, 0.4) is 0 Å². The number of nitrogens with one attached hydrogen (secondary N) is 2. The van der Waals surface area contributed by atoms with E-state index in [4.69, 9.17) is 16.3 Å². The Morgan fingerprint density at radius 1 is 1.08 bits per heavy atom. The van der Waals surface area contributed by atoms with E-state index in [-0.39, 0.29) is 33.7 Å². The van der Waals surface area contributed by atoms with E-state index in [0.717, 1.165) is 0 Å². The molecule has 0 spiro atoms. The van der Waals surface area contributed by atoms with Crippen LogP contribution in [0, 0.1) is 0 Å². The van der Waals surface area contributed by atoms with Gasteiger partial charge in [-0.05, 0) is 49.4 Å². The number of benzene rings is 2. The zero-order valence-electron chi connectivity index (χ0n) is 14.1. The fourth-order valence-corrected chi connectivity index (χ4v) is 3.33. The lowest BCUT2D eigenvalue weighted by Crippen LogP contribution is -2.14. The number of hydrogen-bond acceptors (Lipinski definition) is 5. The van der Waals surface area contributed by atoms with E-state index >= 15 is 0 Å². The normalized spacial score (nSPS) is 10.9. The van der Waals surface area contributed by atoms with E-state index in [9.17, 15) is 18.0 Å². The van der Waals surface area contributed by atoms with Gasteiger partial charge in [0.25, 0.3) is 10.0 Å². The van der Waals surface area contributed by atoms with E-state index in [0.29, 0.717) is 5.69 Å². The second-order valence-corrected chi connectivity index (χ2v) is 7.32. The topological polar surface area (TPSA) is 102 Å². The van der Waals surface area contributed by atoms with Gasteiger partial charge in [0.15, 0.2) is 0 Å². The van der Waals surface area contributed by atoms with Crippen LogP contribution in [0.25, 0.3) is 0 Å². The summed E-state index contributed by atoms with van der Waals surface area (Å²) < 4.78 is 32.2. The van der Waals surface area contributed by atoms with Gasteiger partial charge in [-0.3, -0.25) is 9.52 Å². The van der Waals surface area contributed by atoms with Crippen LogP contribution in [0.4, 0.5) is 11.4 Å². The van der Waals surface area contributed by atoms with E-state index < -0.39 is 16.0 Å². The van der Waals surface area contributed by atoms with Gasteiger partial charge in [0.2, 0.25) is 5.91 Å². The first kappa shape index (κ1) is 19.7. The lowest BCUT2D eigenvalue weighted by Gasteiger charge is -2.11. The summed E-state index contributed by atoms with van der Waals surface area (Å²) in [5.41, 5.74) is 0.714. The van der Waals surface area contributed by atoms with Gasteiger partial charge in [-0.2, -0.15) is 0 Å². The molecule has 0 atom stereocenters. The molecule has 0 bridgehead atoms. The third-order valence-electron chi connectivity index (χ3n) is 3.20. The first-order chi connectivity index (χ1) is 12.2. The molecule has 0 saturated heterocycles. The molecular formula is C17H17ClN2O5S. The molecule has 0 fully saturated rings. The Kier molecular flexibility index (Phi) is 6.23. The van der Waals surface area contributed by atoms with Crippen molar-refractivity contribution in [3.05, 3.63) is 53.1 Å². The van der Waals surface area contributed by atoms with Crippen molar-refractivity contribution in [2.24, 2.45) is 0 Å². The molecule has 0 aliphatic carbocycles. The summed E-state index contributed by atoms with van der Waals surface area (Å²) in [6.45, 7) is 3.18. The quantitative estimate of drug-likeness (QED) is 0.729. The molecule has 2 aromatic rings. The third-order valence-corrected chi connectivity index (χ3v) is 4.93. The largest absolute Gasteiger partial charge is 0.462 e. The van der Waals surface area contributed by atoms with Crippen molar-refractivity contribution in [3.8, 4) is 0 Å². The zero-order chi connectivity index (χ0) is 19.3. The van der Waals surface area contributed by atoms with Crippen molar-refractivity contribution < 1.29 is 22.7 Å². The van der Waals surface area contributed by atoms with Gasteiger partial charge in [-0.15, -0.1) is 0 Å². The number of rotatable bonds is 6. The molecular weight excluding hydrogens is 380 g/mol. The summed E-state index contributed by atoms with van der Waals surface area (Å²) in [6.07, 6.45) is 0. The predicted octanol–water partition coefficient (Wildman–Crippen LogP) is 3.28. The minimum Gasteiger partial charge on any atom is -0.462 e. The van der Waals surface area contributed by atoms with Gasteiger partial charge in [-0.25, -0.2) is 13.2 Å². The first-order valence-electron chi connectivity index (χ1n) is 7.60. The predicted molar refractivity (Wildman–Crippen MR) is 99.0 cm³/mol. The number of carbonyl (C=O) groups excluding carboxylic acids is 2. The molecule has 1 amide bonds. The number of ether oxygens (including phenoxy) is 1. The maximum Gasteiger partial charge on any atom is 0.339 e. The van der Waals surface area contributed by atoms with Crippen LogP contribution >= 0.6 is 11.6 Å². The van der Waals surface area contributed by atoms with Gasteiger partial charge < -0.3 is 10.1 Å². The molecule has 0 unspecified atom stereocenters. The minimum atomic E-state index is -3.88. The van der Waals surface area contributed by atoms with E-state index in [2.05, 4.69) is 10.0 Å². The van der Waals surface area contributed by atoms with Crippen molar-refractivity contribution in [1.29, 1.82) is 0 Å². The van der Waals surface area contributed by atoms with Crippen LogP contribution in [-0.4, -0.2) is 26.9 Å². The van der Waals surface area contributed by atoms with Gasteiger partial charge >= 0.3 is 5.97 Å². The van der Waals surface area contributed by atoms with Crippen LogP contribution in [0.2, 0.25) is 5.02 Å². The van der Waals surface area contributed by atoms with Crippen LogP contribution < -0.4 is 10.0 Å². The van der Waals surface area contributed by atoms with Crippen molar-refractivity contribution in [3.63, 3.8) is 0 Å². The molecule has 0 radical (unpaired) electrons. The molecule has 0 heterocycles. The van der Waals surface area contributed by atoms with Crippen LogP contribution in [0.5, 0.6) is 0 Å². The fraction of sp³-hybridized carbons (Fsp3) is 0.176. The van der Waals surface area contributed by atoms with Gasteiger partial charge in [0.05, 0.1) is 22.1 Å². The molecule has 0 aliphatic rings. The summed E-state index contributed by atoms with van der Waals surface area (Å²) in [5, 5.41) is 2.71. The first-order valence-corrected chi connectivity index (χ1v) is 9.46. The van der Waals surface area contributed by atoms with Crippen molar-refractivity contribution in [2.75, 3.05) is 16.6 Å². The second-order valence-electron chi connectivity index (χ2n) is 5.23. The van der Waals surface area contributed by atoms with Gasteiger partial charge in [0, 0.05) is 18.3 Å². The highest BCUT2D eigenvalue weighted by molar-refractivity contribution is 7.92. The Labute approximate surface area is 156 Å². The number of sulfonamides is 1. The number of hydrogen-bond donors (Lipinski definition) is 2. The Balaban J connectivity index is 2.25. The maximum absolute atomic E-state index is 12.5. The van der Waals surface area contributed by atoms with Crippen LogP contribution in [0.1, 0.15) is 24.2 Å². The Hall–Kier alpha value is -2.58. The van der Waals surface area contributed by atoms with Gasteiger partial charge in [0.1, 0.15) is 0 Å². The average Bonchev–Trinajstić information content (AvgIpc) is 2.56. The van der Waals surface area contributed by atoms with Crippen molar-refractivity contribution >= 4 is 44.9 Å². The third kappa shape index (κ3) is 4.96. The number of halogens is 1. The number of anilines is 2. The minimum absolute atomic E-state index is 0.000707. The average molecular weight is 397 g/mol. The summed E-state index contributed by atoms with van der Waals surface area (Å²) in [4.78, 5) is 22.9. The number of esters is 1. The molecule has 0 aliphatic heterocycles. The summed E-state index contributed by atoms with van der Waals surface area (Å²) in [7, 11) is -3.88. The van der Waals surface area contributed by atoms with Crippen molar-refractivity contribution in [2.45, 2.75) is 18.7 Å². The summed E-state index contributed by atoms with van der Waals surface area (Å²) >= 11 is 5.96. The monoisotopic (exact) mass is 396 g/mol. The highest BCUT2D eigenvalue weighted by Crippen LogP contribution is 2.24. The molecule has 2 rings (SSSR count). The number of amides is 1. The molecule has 9 heteroatoms. The lowest BCUT2D eigenvalue weighted by atomic mass is 10.2. The highest BCUT2D eigenvalue weighted by Gasteiger charge is 2.17. The van der Waals surface area contributed by atoms with E-state index in [1.54, 1.807) is 6.92 Å². The molecule has 0 saturated carbocycles. The standard InChI is InChI=1S/C17H17ClN2O5S/c1-3-25-17(22)15-10-13(6-9-16(15)18)20-26(23,24)14-7-4-12(5-8-14)19-11(2)21/h4-10,20H,3H2,1-2H3,(H,19,21). The maximum atomic E-state index is 12.5.